The second-order valence-electron chi connectivity index (χ2n) is 9.41. The first-order valence-electron chi connectivity index (χ1n) is 9.75. The van der Waals surface area contributed by atoms with E-state index in [2.05, 4.69) is 58.7 Å². The number of rotatable bonds is 6. The maximum atomic E-state index is 11.4. The zero-order chi connectivity index (χ0) is 20.7. The van der Waals surface area contributed by atoms with Gasteiger partial charge in [-0.3, -0.25) is 4.79 Å². The van der Waals surface area contributed by atoms with Gasteiger partial charge in [0.25, 0.3) is 5.97 Å². The Bertz CT molecular complexity index is 856. The van der Waals surface area contributed by atoms with Gasteiger partial charge in [-0.05, 0) is 51.2 Å². The molecule has 148 valence electrons. The molecule has 5 nitrogen and oxygen atoms in total. The van der Waals surface area contributed by atoms with Gasteiger partial charge in [-0.2, -0.15) is 0 Å². The summed E-state index contributed by atoms with van der Waals surface area (Å²) in [6.07, 6.45) is 2.68. The molecule has 2 aromatic rings. The first-order valence-corrected chi connectivity index (χ1v) is 9.75. The van der Waals surface area contributed by atoms with Gasteiger partial charge >= 0.3 is 7.12 Å². The number of ether oxygens (including phenoxy) is 1. The Kier molecular flexibility index (Phi) is 5.45. The van der Waals surface area contributed by atoms with E-state index in [1.54, 1.807) is 0 Å². The second kappa shape index (κ2) is 7.27. The molecular formula is C21H29B2NO4. The number of benzene rings is 1. The largest absolute Gasteiger partial charge is 0.494 e. The van der Waals surface area contributed by atoms with E-state index in [4.69, 9.17) is 21.9 Å². The second-order valence-corrected chi connectivity index (χ2v) is 9.41. The number of aromatic amines is 1. The van der Waals surface area contributed by atoms with Crippen LogP contribution in [0.3, 0.4) is 0 Å². The first kappa shape index (κ1) is 21.0. The number of hydrogen-bond acceptors (Lipinski definition) is 4. The number of esters is 1. The summed E-state index contributed by atoms with van der Waals surface area (Å²) in [5.74, 6) is -0.380. The zero-order valence-corrected chi connectivity index (χ0v) is 17.7. The summed E-state index contributed by atoms with van der Waals surface area (Å²) in [6, 6.07) is 6.23. The van der Waals surface area contributed by atoms with Crippen molar-refractivity contribution in [3.05, 3.63) is 30.0 Å². The van der Waals surface area contributed by atoms with Gasteiger partial charge in [-0.25, -0.2) is 0 Å². The van der Waals surface area contributed by atoms with E-state index in [1.165, 1.54) is 5.56 Å². The lowest BCUT2D eigenvalue weighted by Gasteiger charge is -2.32. The van der Waals surface area contributed by atoms with Gasteiger partial charge in [0, 0.05) is 28.8 Å². The molecule has 1 saturated heterocycles. The topological polar surface area (TPSA) is 60.6 Å². The molecule has 1 aromatic carbocycles. The van der Waals surface area contributed by atoms with E-state index in [0.717, 1.165) is 22.8 Å². The number of H-pyrrole nitrogens is 1. The Balaban J connectivity index is 1.82. The Morgan fingerprint density at radius 3 is 2.46 bits per heavy atom. The van der Waals surface area contributed by atoms with E-state index < -0.39 is 7.12 Å². The molecule has 0 amide bonds. The zero-order valence-electron chi connectivity index (χ0n) is 17.7. The smallest absolute Gasteiger partial charge is 0.466 e. The monoisotopic (exact) mass is 381 g/mol. The van der Waals surface area contributed by atoms with E-state index >= 15 is 0 Å². The minimum Gasteiger partial charge on any atom is -0.466 e. The molecule has 0 spiro atoms. The summed E-state index contributed by atoms with van der Waals surface area (Å²) in [4.78, 5) is 14.7. The maximum absolute atomic E-state index is 11.4. The van der Waals surface area contributed by atoms with Crippen LogP contribution in [-0.2, 0) is 25.3 Å². The Morgan fingerprint density at radius 2 is 1.86 bits per heavy atom. The molecule has 2 radical (unpaired) electrons. The third-order valence-electron chi connectivity index (χ3n) is 5.78. The van der Waals surface area contributed by atoms with E-state index in [0.29, 0.717) is 6.61 Å². The molecular weight excluding hydrogens is 352 g/mol. The van der Waals surface area contributed by atoms with Crippen molar-refractivity contribution in [2.75, 3.05) is 6.61 Å². The number of aromatic nitrogens is 1. The van der Waals surface area contributed by atoms with Gasteiger partial charge in [0.2, 0.25) is 0 Å². The Labute approximate surface area is 169 Å². The van der Waals surface area contributed by atoms with Gasteiger partial charge in [0.05, 0.1) is 25.7 Å². The summed E-state index contributed by atoms with van der Waals surface area (Å²) in [6.45, 7) is 12.7. The first-order chi connectivity index (χ1) is 12.9. The molecule has 1 N–H and O–H groups in total. The van der Waals surface area contributed by atoms with E-state index in [-0.39, 0.29) is 28.9 Å². The predicted octanol–water partition coefficient (Wildman–Crippen LogP) is 3.17. The maximum Gasteiger partial charge on any atom is 0.494 e. The Morgan fingerprint density at radius 1 is 1.21 bits per heavy atom. The average Bonchev–Trinajstić information content (AvgIpc) is 3.09. The molecule has 0 bridgehead atoms. The molecule has 1 aromatic heterocycles. The van der Waals surface area contributed by atoms with Crippen molar-refractivity contribution < 1.29 is 18.8 Å². The van der Waals surface area contributed by atoms with E-state index in [1.807, 2.05) is 12.3 Å². The fraction of sp³-hybridized carbons (Fsp3) is 0.571. The molecule has 0 aliphatic carbocycles. The molecule has 1 aliphatic rings. The molecule has 1 fully saturated rings. The fourth-order valence-electron chi connectivity index (χ4n) is 3.37. The van der Waals surface area contributed by atoms with Crippen LogP contribution in [0.4, 0.5) is 0 Å². The number of carbonyl (C=O) groups excluding carboxylic acids is 1. The quantitative estimate of drug-likeness (QED) is 0.617. The molecule has 0 atom stereocenters. The van der Waals surface area contributed by atoms with Crippen LogP contribution < -0.4 is 5.46 Å². The molecule has 0 unspecified atom stereocenters. The van der Waals surface area contributed by atoms with Crippen molar-refractivity contribution in [2.24, 2.45) is 5.41 Å². The highest BCUT2D eigenvalue weighted by atomic mass is 16.7. The van der Waals surface area contributed by atoms with Crippen molar-refractivity contribution >= 4 is 37.3 Å². The lowest BCUT2D eigenvalue weighted by atomic mass is 9.78. The van der Waals surface area contributed by atoms with E-state index in [9.17, 15) is 4.79 Å². The molecule has 0 saturated carbocycles. The average molecular weight is 381 g/mol. The van der Waals surface area contributed by atoms with Crippen molar-refractivity contribution in [1.29, 1.82) is 0 Å². The summed E-state index contributed by atoms with van der Waals surface area (Å²) < 4.78 is 17.6. The van der Waals surface area contributed by atoms with Crippen LogP contribution in [0.25, 0.3) is 10.9 Å². The van der Waals surface area contributed by atoms with Crippen molar-refractivity contribution in [1.82, 2.24) is 4.98 Å². The highest BCUT2D eigenvalue weighted by molar-refractivity contribution is 6.62. The van der Waals surface area contributed by atoms with Gasteiger partial charge in [0.1, 0.15) is 0 Å². The number of carbonyl (C=O) groups is 1. The summed E-state index contributed by atoms with van der Waals surface area (Å²) >= 11 is 0. The summed E-state index contributed by atoms with van der Waals surface area (Å²) in [7, 11) is 4.93. The minimum atomic E-state index is -0.393. The number of hydrogen-bond donors (Lipinski definition) is 1. The highest BCUT2D eigenvalue weighted by Crippen LogP contribution is 2.37. The molecule has 3 rings (SSSR count). The predicted molar refractivity (Wildman–Crippen MR) is 113 cm³/mol. The standard InChI is InChI=1S/C21H29B2NO4/c1-19(2,13-26-18(25)11-22)10-14-12-24-17-8-7-15(9-16(14)17)23-27-20(3,4)21(5,6)28-23/h7-9,12,24H,10-11,13H2,1-6H3. The van der Waals surface area contributed by atoms with Crippen LogP contribution in [0.15, 0.2) is 24.4 Å². The summed E-state index contributed by atoms with van der Waals surface area (Å²) in [5, 5.41) is 1.13. The van der Waals surface area contributed by atoms with Crippen LogP contribution in [0.1, 0.15) is 47.1 Å². The fourth-order valence-corrected chi connectivity index (χ4v) is 3.37. The Hall–Kier alpha value is -1.72. The molecule has 2 heterocycles. The third kappa shape index (κ3) is 4.15. The highest BCUT2D eigenvalue weighted by Gasteiger charge is 2.51. The normalized spacial score (nSPS) is 18.6. The van der Waals surface area contributed by atoms with Gasteiger partial charge in [-0.15, -0.1) is 0 Å². The minimum absolute atomic E-state index is 0.0966. The van der Waals surface area contributed by atoms with Crippen LogP contribution in [-0.4, -0.2) is 43.7 Å². The van der Waals surface area contributed by atoms with Gasteiger partial charge in [-0.1, -0.05) is 26.0 Å². The van der Waals surface area contributed by atoms with Gasteiger partial charge < -0.3 is 19.0 Å². The van der Waals surface area contributed by atoms with Crippen LogP contribution in [0.5, 0.6) is 0 Å². The SMILES string of the molecule is [B]CC(=O)OCC(C)(C)Cc1c[nH]c2ccc(B3OC(C)(C)C(C)(C)O3)cc12. The van der Waals surface area contributed by atoms with Crippen LogP contribution in [0, 0.1) is 5.41 Å². The van der Waals surface area contributed by atoms with Crippen molar-refractivity contribution in [2.45, 2.75) is 65.5 Å². The van der Waals surface area contributed by atoms with Crippen molar-refractivity contribution in [3.8, 4) is 0 Å². The third-order valence-corrected chi connectivity index (χ3v) is 5.78. The van der Waals surface area contributed by atoms with Gasteiger partial charge in [0.15, 0.2) is 0 Å². The number of nitrogens with one attached hydrogen (secondary N) is 1. The summed E-state index contributed by atoms with van der Waals surface area (Å²) in [5.41, 5.74) is 2.28. The lowest BCUT2D eigenvalue weighted by molar-refractivity contribution is -0.143. The number of fused-ring (bicyclic) bond motifs is 1. The molecule has 28 heavy (non-hydrogen) atoms. The van der Waals surface area contributed by atoms with Crippen molar-refractivity contribution in [3.63, 3.8) is 0 Å². The molecule has 1 aliphatic heterocycles. The van der Waals surface area contributed by atoms with Crippen LogP contribution in [0.2, 0.25) is 6.32 Å². The molecule has 7 heteroatoms. The lowest BCUT2D eigenvalue weighted by Crippen LogP contribution is -2.41. The van der Waals surface area contributed by atoms with Crippen LogP contribution >= 0.6 is 0 Å².